The lowest BCUT2D eigenvalue weighted by atomic mass is 10.1. The Morgan fingerprint density at radius 3 is 2.38 bits per heavy atom. The number of pyridine rings is 1. The summed E-state index contributed by atoms with van der Waals surface area (Å²) in [4.78, 5) is 5.65. The zero-order valence-corrected chi connectivity index (χ0v) is 12.9. The minimum absolute atomic E-state index is 0.145. The molecule has 0 amide bonds. The molecule has 0 aliphatic carbocycles. The molecular formula is C15H24F3N3. The maximum atomic E-state index is 12.6. The Morgan fingerprint density at radius 2 is 1.95 bits per heavy atom. The predicted molar refractivity (Wildman–Crippen MR) is 79.5 cm³/mol. The van der Waals surface area contributed by atoms with Crippen LogP contribution in [0.1, 0.15) is 45.3 Å². The third-order valence-electron chi connectivity index (χ3n) is 3.22. The Hall–Kier alpha value is -1.30. The zero-order valence-electron chi connectivity index (χ0n) is 12.9. The number of nitrogens with one attached hydrogen (secondary N) is 1. The fourth-order valence-corrected chi connectivity index (χ4v) is 2.28. The van der Waals surface area contributed by atoms with Gasteiger partial charge in [-0.15, -0.1) is 0 Å². The van der Waals surface area contributed by atoms with Crippen molar-refractivity contribution in [2.24, 2.45) is 0 Å². The van der Waals surface area contributed by atoms with E-state index in [0.29, 0.717) is 18.7 Å². The van der Waals surface area contributed by atoms with Gasteiger partial charge in [-0.3, -0.25) is 4.98 Å². The van der Waals surface area contributed by atoms with Crippen LogP contribution in [0.3, 0.4) is 0 Å². The molecule has 21 heavy (non-hydrogen) atoms. The quantitative estimate of drug-likeness (QED) is 0.789. The second-order valence-electron chi connectivity index (χ2n) is 5.00. The highest BCUT2D eigenvalue weighted by Gasteiger charge is 2.30. The third-order valence-corrected chi connectivity index (χ3v) is 3.22. The second kappa shape index (κ2) is 8.22. The zero-order chi connectivity index (χ0) is 15.9. The van der Waals surface area contributed by atoms with Crippen LogP contribution in [0.4, 0.5) is 18.9 Å². The van der Waals surface area contributed by atoms with Gasteiger partial charge < -0.3 is 10.2 Å². The van der Waals surface area contributed by atoms with E-state index in [-0.39, 0.29) is 6.04 Å². The van der Waals surface area contributed by atoms with Gasteiger partial charge in [-0.05, 0) is 31.5 Å². The predicted octanol–water partition coefficient (Wildman–Crippen LogP) is 3.92. The first kappa shape index (κ1) is 17.8. The molecule has 0 saturated heterocycles. The molecule has 120 valence electrons. The normalized spacial score (nSPS) is 13.2. The SMILES string of the molecule is CCCN(CC(F)(F)F)c1ccc(C(CC)NCC)nc1. The molecule has 1 heterocycles. The highest BCUT2D eigenvalue weighted by atomic mass is 19.4. The molecule has 1 atom stereocenters. The number of nitrogens with zero attached hydrogens (tertiary/aromatic N) is 2. The monoisotopic (exact) mass is 303 g/mol. The fourth-order valence-electron chi connectivity index (χ4n) is 2.28. The van der Waals surface area contributed by atoms with Crippen molar-refractivity contribution >= 4 is 5.69 Å². The average molecular weight is 303 g/mol. The molecule has 0 saturated carbocycles. The summed E-state index contributed by atoms with van der Waals surface area (Å²) in [5.74, 6) is 0. The lowest BCUT2D eigenvalue weighted by Gasteiger charge is -2.25. The van der Waals surface area contributed by atoms with Crippen molar-refractivity contribution in [3.8, 4) is 0 Å². The van der Waals surface area contributed by atoms with Crippen LogP contribution in [0, 0.1) is 0 Å². The number of hydrogen-bond donors (Lipinski definition) is 1. The molecule has 6 heteroatoms. The van der Waals surface area contributed by atoms with E-state index in [1.165, 1.54) is 11.1 Å². The number of alkyl halides is 3. The summed E-state index contributed by atoms with van der Waals surface area (Å²) < 4.78 is 37.8. The maximum Gasteiger partial charge on any atom is 0.405 e. The number of anilines is 1. The minimum atomic E-state index is -4.20. The number of hydrogen-bond acceptors (Lipinski definition) is 3. The van der Waals surface area contributed by atoms with E-state index in [1.807, 2.05) is 19.9 Å². The highest BCUT2D eigenvalue weighted by molar-refractivity contribution is 5.45. The van der Waals surface area contributed by atoms with Gasteiger partial charge in [0.15, 0.2) is 0 Å². The smallest absolute Gasteiger partial charge is 0.361 e. The molecule has 1 rings (SSSR count). The van der Waals surface area contributed by atoms with E-state index in [2.05, 4.69) is 17.2 Å². The molecule has 1 unspecified atom stereocenters. The van der Waals surface area contributed by atoms with E-state index in [4.69, 9.17) is 0 Å². The Bertz CT molecular complexity index is 404. The molecule has 0 aromatic carbocycles. The Kier molecular flexibility index (Phi) is 6.95. The molecule has 1 N–H and O–H groups in total. The molecule has 0 spiro atoms. The molecule has 0 fully saturated rings. The van der Waals surface area contributed by atoms with Crippen molar-refractivity contribution in [3.63, 3.8) is 0 Å². The first-order valence-corrected chi connectivity index (χ1v) is 7.42. The molecule has 0 aliphatic heterocycles. The maximum absolute atomic E-state index is 12.6. The Balaban J connectivity index is 2.86. The van der Waals surface area contributed by atoms with Crippen LogP contribution in [0.5, 0.6) is 0 Å². The lowest BCUT2D eigenvalue weighted by molar-refractivity contribution is -0.119. The molecule has 0 bridgehead atoms. The van der Waals surface area contributed by atoms with Crippen LogP contribution in [0.2, 0.25) is 0 Å². The van der Waals surface area contributed by atoms with E-state index in [9.17, 15) is 13.2 Å². The summed E-state index contributed by atoms with van der Waals surface area (Å²) in [5, 5.41) is 3.30. The van der Waals surface area contributed by atoms with Crippen molar-refractivity contribution in [2.45, 2.75) is 45.8 Å². The van der Waals surface area contributed by atoms with Crippen molar-refractivity contribution in [1.82, 2.24) is 10.3 Å². The number of rotatable bonds is 8. The largest absolute Gasteiger partial charge is 0.405 e. The summed E-state index contributed by atoms with van der Waals surface area (Å²) in [6.07, 6.45) is -1.12. The van der Waals surface area contributed by atoms with Gasteiger partial charge in [0.25, 0.3) is 0 Å². The van der Waals surface area contributed by atoms with E-state index < -0.39 is 12.7 Å². The molecule has 3 nitrogen and oxygen atoms in total. The number of aromatic nitrogens is 1. The van der Waals surface area contributed by atoms with Crippen molar-refractivity contribution in [3.05, 3.63) is 24.0 Å². The summed E-state index contributed by atoms with van der Waals surface area (Å²) in [6, 6.07) is 3.68. The van der Waals surface area contributed by atoms with Gasteiger partial charge >= 0.3 is 6.18 Å². The van der Waals surface area contributed by atoms with Crippen LogP contribution in [0.15, 0.2) is 18.3 Å². The summed E-state index contributed by atoms with van der Waals surface area (Å²) in [7, 11) is 0. The Morgan fingerprint density at radius 1 is 1.24 bits per heavy atom. The van der Waals surface area contributed by atoms with Crippen molar-refractivity contribution in [1.29, 1.82) is 0 Å². The lowest BCUT2D eigenvalue weighted by Crippen LogP contribution is -2.35. The third kappa shape index (κ3) is 5.91. The molecule has 1 aromatic heterocycles. The van der Waals surface area contributed by atoms with Crippen molar-refractivity contribution in [2.75, 3.05) is 24.5 Å². The van der Waals surface area contributed by atoms with Crippen LogP contribution < -0.4 is 10.2 Å². The number of halogens is 3. The first-order valence-electron chi connectivity index (χ1n) is 7.42. The molecule has 0 aliphatic rings. The van der Waals surface area contributed by atoms with Gasteiger partial charge in [0.1, 0.15) is 6.54 Å². The van der Waals surface area contributed by atoms with Gasteiger partial charge in [0.2, 0.25) is 0 Å². The first-order chi connectivity index (χ1) is 9.91. The minimum Gasteiger partial charge on any atom is -0.361 e. The Labute approximate surface area is 124 Å². The van der Waals surface area contributed by atoms with Gasteiger partial charge in [-0.25, -0.2) is 0 Å². The van der Waals surface area contributed by atoms with Gasteiger partial charge in [-0.1, -0.05) is 20.8 Å². The van der Waals surface area contributed by atoms with Gasteiger partial charge in [0.05, 0.1) is 17.6 Å². The summed E-state index contributed by atoms with van der Waals surface area (Å²) in [5.41, 5.74) is 1.39. The molecular weight excluding hydrogens is 279 g/mol. The second-order valence-corrected chi connectivity index (χ2v) is 5.00. The highest BCUT2D eigenvalue weighted by Crippen LogP contribution is 2.23. The summed E-state index contributed by atoms with van der Waals surface area (Å²) in [6.45, 7) is 6.19. The van der Waals surface area contributed by atoms with Crippen LogP contribution in [-0.4, -0.2) is 30.8 Å². The van der Waals surface area contributed by atoms with Gasteiger partial charge in [0, 0.05) is 12.6 Å². The van der Waals surface area contributed by atoms with Crippen molar-refractivity contribution < 1.29 is 13.2 Å². The van der Waals surface area contributed by atoms with Crippen LogP contribution in [-0.2, 0) is 0 Å². The van der Waals surface area contributed by atoms with E-state index in [0.717, 1.165) is 18.7 Å². The van der Waals surface area contributed by atoms with Crippen LogP contribution in [0.25, 0.3) is 0 Å². The van der Waals surface area contributed by atoms with E-state index >= 15 is 0 Å². The van der Waals surface area contributed by atoms with E-state index in [1.54, 1.807) is 6.07 Å². The summed E-state index contributed by atoms with van der Waals surface area (Å²) >= 11 is 0. The van der Waals surface area contributed by atoms with Crippen LogP contribution >= 0.6 is 0 Å². The molecule has 1 aromatic rings. The molecule has 0 radical (unpaired) electrons. The topological polar surface area (TPSA) is 28.2 Å². The van der Waals surface area contributed by atoms with Gasteiger partial charge in [-0.2, -0.15) is 13.2 Å². The fraction of sp³-hybridized carbons (Fsp3) is 0.667. The average Bonchev–Trinajstić information content (AvgIpc) is 2.43. The standard InChI is InChI=1S/C15H24F3N3/c1-4-9-21(11-15(16,17)18)12-7-8-14(20-10-12)13(5-2)19-6-3/h7-8,10,13,19H,4-6,9,11H2,1-3H3.